The highest BCUT2D eigenvalue weighted by Gasteiger charge is 2.24. The van der Waals surface area contributed by atoms with Crippen LogP contribution in [-0.4, -0.2) is 18.4 Å². The highest BCUT2D eigenvalue weighted by atomic mass is 16.6. The molecule has 0 unspecified atom stereocenters. The zero-order valence-electron chi connectivity index (χ0n) is 9.33. The molecular weight excluding hydrogens is 176 g/mol. The van der Waals surface area contributed by atoms with Gasteiger partial charge in [-0.05, 0) is 32.6 Å². The fourth-order valence-electron chi connectivity index (χ4n) is 1.83. The van der Waals surface area contributed by atoms with Crippen LogP contribution in [0.5, 0.6) is 0 Å². The van der Waals surface area contributed by atoms with Crippen molar-refractivity contribution in [3.05, 3.63) is 0 Å². The first kappa shape index (κ1) is 11.5. The number of oxime groups is 1. The van der Waals surface area contributed by atoms with Gasteiger partial charge in [-0.1, -0.05) is 18.5 Å². The van der Waals surface area contributed by atoms with Gasteiger partial charge in [0.1, 0.15) is 6.61 Å². The van der Waals surface area contributed by atoms with E-state index in [9.17, 15) is 0 Å². The molecule has 2 atom stereocenters. The quantitative estimate of drug-likeness (QED) is 0.418. The van der Waals surface area contributed by atoms with Crippen molar-refractivity contribution in [3.63, 3.8) is 0 Å². The number of unbranched alkanes of at least 4 members (excludes halogenated alkanes) is 1. The van der Waals surface area contributed by atoms with Crippen molar-refractivity contribution in [2.75, 3.05) is 6.61 Å². The summed E-state index contributed by atoms with van der Waals surface area (Å²) < 4.78 is 0. The van der Waals surface area contributed by atoms with Gasteiger partial charge in [-0.15, -0.1) is 0 Å². The van der Waals surface area contributed by atoms with Crippen LogP contribution < -0.4 is 5.73 Å². The van der Waals surface area contributed by atoms with Crippen LogP contribution in [0.2, 0.25) is 0 Å². The first-order valence-electron chi connectivity index (χ1n) is 5.66. The molecule has 2 N–H and O–H groups in total. The molecule has 1 aliphatic carbocycles. The molecule has 3 nitrogen and oxygen atoms in total. The molecule has 0 bridgehead atoms. The van der Waals surface area contributed by atoms with Crippen LogP contribution >= 0.6 is 0 Å². The first-order valence-corrected chi connectivity index (χ1v) is 5.66. The molecule has 0 radical (unpaired) electrons. The van der Waals surface area contributed by atoms with Crippen molar-refractivity contribution in [3.8, 4) is 0 Å². The lowest BCUT2D eigenvalue weighted by Gasteiger charge is -2.08. The number of nitrogens with zero attached hydrogens (tertiary/aromatic N) is 1. The molecule has 1 rings (SSSR count). The van der Waals surface area contributed by atoms with E-state index in [1.807, 2.05) is 0 Å². The van der Waals surface area contributed by atoms with Crippen LogP contribution in [0, 0.1) is 5.92 Å². The minimum absolute atomic E-state index is 0.376. The normalized spacial score (nSPS) is 28.1. The predicted octanol–water partition coefficient (Wildman–Crippen LogP) is 2.31. The highest BCUT2D eigenvalue weighted by Crippen LogP contribution is 2.25. The maximum absolute atomic E-state index is 5.84. The average molecular weight is 198 g/mol. The van der Waals surface area contributed by atoms with Crippen molar-refractivity contribution in [2.24, 2.45) is 16.8 Å². The maximum Gasteiger partial charge on any atom is 0.117 e. The second-order valence-electron chi connectivity index (χ2n) is 4.19. The Labute approximate surface area is 86.7 Å². The Morgan fingerprint density at radius 1 is 1.50 bits per heavy atom. The second kappa shape index (κ2) is 6.02. The minimum atomic E-state index is 0.376. The summed E-state index contributed by atoms with van der Waals surface area (Å²) in [5.41, 5.74) is 6.96. The fraction of sp³-hybridized carbons (Fsp3) is 0.909. The molecule has 0 aliphatic heterocycles. The van der Waals surface area contributed by atoms with Crippen molar-refractivity contribution in [1.29, 1.82) is 0 Å². The zero-order chi connectivity index (χ0) is 10.4. The van der Waals surface area contributed by atoms with E-state index in [0.717, 1.165) is 38.0 Å². The van der Waals surface area contributed by atoms with Crippen LogP contribution in [0.25, 0.3) is 0 Å². The molecular formula is C11H22N2O. The molecule has 3 heteroatoms. The highest BCUT2D eigenvalue weighted by molar-refractivity contribution is 5.84. The molecule has 1 aliphatic rings. The Bertz CT molecular complexity index is 192. The van der Waals surface area contributed by atoms with Gasteiger partial charge in [0, 0.05) is 12.0 Å². The molecule has 0 aromatic rings. The molecule has 82 valence electrons. The smallest absolute Gasteiger partial charge is 0.117 e. The third-order valence-electron chi connectivity index (χ3n) is 2.86. The van der Waals surface area contributed by atoms with Gasteiger partial charge in [0.15, 0.2) is 0 Å². The summed E-state index contributed by atoms with van der Waals surface area (Å²) in [7, 11) is 0. The average Bonchev–Trinajstić information content (AvgIpc) is 2.59. The lowest BCUT2D eigenvalue weighted by molar-refractivity contribution is 0.139. The molecule has 0 amide bonds. The summed E-state index contributed by atoms with van der Waals surface area (Å²) in [5, 5.41) is 4.14. The summed E-state index contributed by atoms with van der Waals surface area (Å²) in [4.78, 5) is 5.23. The third-order valence-corrected chi connectivity index (χ3v) is 2.86. The van der Waals surface area contributed by atoms with Crippen LogP contribution in [0.3, 0.4) is 0 Å². The minimum Gasteiger partial charge on any atom is -0.396 e. The van der Waals surface area contributed by atoms with Crippen LogP contribution in [-0.2, 0) is 4.84 Å². The Kier molecular flexibility index (Phi) is 4.94. The van der Waals surface area contributed by atoms with Gasteiger partial charge in [0.2, 0.25) is 0 Å². The van der Waals surface area contributed by atoms with Gasteiger partial charge in [-0.2, -0.15) is 0 Å². The van der Waals surface area contributed by atoms with Crippen molar-refractivity contribution in [1.82, 2.24) is 0 Å². The van der Waals surface area contributed by atoms with Gasteiger partial charge in [0.25, 0.3) is 0 Å². The van der Waals surface area contributed by atoms with Crippen LogP contribution in [0.4, 0.5) is 0 Å². The first-order chi connectivity index (χ1) is 6.74. The fourth-order valence-corrected chi connectivity index (χ4v) is 1.83. The van der Waals surface area contributed by atoms with E-state index >= 15 is 0 Å². The topological polar surface area (TPSA) is 47.6 Å². The molecule has 14 heavy (non-hydrogen) atoms. The van der Waals surface area contributed by atoms with E-state index in [1.54, 1.807) is 0 Å². The van der Waals surface area contributed by atoms with E-state index in [0.29, 0.717) is 12.0 Å². The summed E-state index contributed by atoms with van der Waals surface area (Å²) in [6, 6.07) is 0.376. The monoisotopic (exact) mass is 198 g/mol. The molecule has 0 saturated heterocycles. The summed E-state index contributed by atoms with van der Waals surface area (Å²) in [6.45, 7) is 4.94. The number of hydrogen-bond acceptors (Lipinski definition) is 3. The SMILES string of the molecule is CCCCO/N=C(\C)[C@H]1CC[C@@H](N)C1. The van der Waals surface area contributed by atoms with E-state index < -0.39 is 0 Å². The largest absolute Gasteiger partial charge is 0.396 e. The summed E-state index contributed by atoms with van der Waals surface area (Å²) in [5.74, 6) is 0.562. The summed E-state index contributed by atoms with van der Waals surface area (Å²) in [6.07, 6.45) is 5.62. The van der Waals surface area contributed by atoms with E-state index in [1.165, 1.54) is 6.42 Å². The lowest BCUT2D eigenvalue weighted by atomic mass is 10.0. The van der Waals surface area contributed by atoms with E-state index in [2.05, 4.69) is 19.0 Å². The molecule has 0 spiro atoms. The van der Waals surface area contributed by atoms with Gasteiger partial charge in [-0.3, -0.25) is 0 Å². The van der Waals surface area contributed by atoms with E-state index in [-0.39, 0.29) is 0 Å². The lowest BCUT2D eigenvalue weighted by Crippen LogP contribution is -2.17. The van der Waals surface area contributed by atoms with Gasteiger partial charge < -0.3 is 10.6 Å². The van der Waals surface area contributed by atoms with Crippen molar-refractivity contribution < 1.29 is 4.84 Å². The molecule has 1 saturated carbocycles. The number of nitrogens with two attached hydrogens (primary N) is 1. The van der Waals surface area contributed by atoms with Gasteiger partial charge in [0.05, 0.1) is 5.71 Å². The van der Waals surface area contributed by atoms with Crippen LogP contribution in [0.15, 0.2) is 5.16 Å². The van der Waals surface area contributed by atoms with E-state index in [4.69, 9.17) is 10.6 Å². The Morgan fingerprint density at radius 3 is 2.86 bits per heavy atom. The van der Waals surface area contributed by atoms with Gasteiger partial charge in [-0.25, -0.2) is 0 Å². The zero-order valence-corrected chi connectivity index (χ0v) is 9.33. The Morgan fingerprint density at radius 2 is 2.29 bits per heavy atom. The third kappa shape index (κ3) is 3.66. The van der Waals surface area contributed by atoms with Crippen LogP contribution in [0.1, 0.15) is 46.0 Å². The maximum atomic E-state index is 5.84. The van der Waals surface area contributed by atoms with Crippen molar-refractivity contribution >= 4 is 5.71 Å². The number of hydrogen-bond donors (Lipinski definition) is 1. The summed E-state index contributed by atoms with van der Waals surface area (Å²) >= 11 is 0. The Hall–Kier alpha value is -0.570. The molecule has 0 aromatic carbocycles. The molecule has 1 fully saturated rings. The standard InChI is InChI=1S/C11H22N2O/c1-3-4-7-14-13-9(2)10-5-6-11(12)8-10/h10-11H,3-8,12H2,1-2H3/b13-9+/t10-,11+/m0/s1. The van der Waals surface area contributed by atoms with Crippen molar-refractivity contribution in [2.45, 2.75) is 52.0 Å². The predicted molar refractivity (Wildman–Crippen MR) is 59.3 cm³/mol. The van der Waals surface area contributed by atoms with Gasteiger partial charge >= 0.3 is 0 Å². The molecule has 0 heterocycles. The molecule has 0 aromatic heterocycles. The second-order valence-corrected chi connectivity index (χ2v) is 4.19. The Balaban J connectivity index is 2.22. The number of rotatable bonds is 5.